The third-order valence-corrected chi connectivity index (χ3v) is 4.86. The molecule has 0 spiro atoms. The summed E-state index contributed by atoms with van der Waals surface area (Å²) in [6, 6.07) is 0. The number of hydrogen-bond acceptors (Lipinski definition) is 7. The van der Waals surface area contributed by atoms with Crippen LogP contribution >= 0.6 is 18.9 Å². The highest BCUT2D eigenvalue weighted by Crippen LogP contribution is 2.51. The molecule has 0 amide bonds. The van der Waals surface area contributed by atoms with E-state index in [2.05, 4.69) is 15.5 Å². The van der Waals surface area contributed by atoms with Crippen LogP contribution in [0.2, 0.25) is 0 Å². The Labute approximate surface area is 105 Å². The second kappa shape index (κ2) is 7.06. The Hall–Kier alpha value is -0.490. The molecule has 0 fully saturated rings. The van der Waals surface area contributed by atoms with E-state index in [9.17, 15) is 4.57 Å². The van der Waals surface area contributed by atoms with Gasteiger partial charge in [-0.1, -0.05) is 11.3 Å². The van der Waals surface area contributed by atoms with Gasteiger partial charge in [0, 0.05) is 6.54 Å². The van der Waals surface area contributed by atoms with Gasteiger partial charge in [0.1, 0.15) is 11.2 Å². The minimum atomic E-state index is -3.07. The molecule has 0 aliphatic carbocycles. The summed E-state index contributed by atoms with van der Waals surface area (Å²) in [4.78, 5) is 0. The van der Waals surface area contributed by atoms with Gasteiger partial charge in [-0.3, -0.25) is 4.57 Å². The molecule has 0 aliphatic rings. The van der Waals surface area contributed by atoms with Crippen molar-refractivity contribution in [3.05, 3.63) is 5.01 Å². The first-order chi connectivity index (χ1) is 8.13. The van der Waals surface area contributed by atoms with Crippen LogP contribution in [0.4, 0.5) is 5.13 Å². The monoisotopic (exact) mass is 279 g/mol. The van der Waals surface area contributed by atoms with Crippen LogP contribution in [-0.2, 0) is 19.8 Å². The topological polar surface area (TPSA) is 73.3 Å². The van der Waals surface area contributed by atoms with Crippen molar-refractivity contribution >= 4 is 24.1 Å². The van der Waals surface area contributed by atoms with E-state index in [1.54, 1.807) is 13.8 Å². The Balaban J connectivity index is 2.68. The average Bonchev–Trinajstić information content (AvgIpc) is 2.66. The first-order valence-corrected chi connectivity index (χ1v) is 8.12. The molecule has 0 atom stereocenters. The molecule has 1 rings (SSSR count). The molecule has 98 valence electrons. The van der Waals surface area contributed by atoms with Crippen molar-refractivity contribution in [3.63, 3.8) is 0 Å². The molecular formula is C9H18N3O3PS. The smallest absolute Gasteiger partial charge is 0.337 e. The zero-order valence-corrected chi connectivity index (χ0v) is 12.0. The second-order valence-corrected chi connectivity index (χ2v) is 6.25. The van der Waals surface area contributed by atoms with E-state index in [0.717, 1.165) is 11.7 Å². The minimum Gasteiger partial charge on any atom is -0.360 e. The number of aromatic nitrogens is 2. The van der Waals surface area contributed by atoms with Crippen molar-refractivity contribution in [3.8, 4) is 0 Å². The normalized spacial score (nSPS) is 11.7. The van der Waals surface area contributed by atoms with Crippen LogP contribution in [0.3, 0.4) is 0 Å². The maximum atomic E-state index is 12.2. The molecule has 0 radical (unpaired) electrons. The van der Waals surface area contributed by atoms with Gasteiger partial charge in [0.2, 0.25) is 5.13 Å². The summed E-state index contributed by atoms with van der Waals surface area (Å²) in [5.74, 6) is 0. The largest absolute Gasteiger partial charge is 0.360 e. The quantitative estimate of drug-likeness (QED) is 0.738. The van der Waals surface area contributed by atoms with Crippen molar-refractivity contribution in [1.29, 1.82) is 0 Å². The SMILES string of the molecule is CCNc1nnc(CP(=O)(OCC)OCC)s1. The zero-order valence-electron chi connectivity index (χ0n) is 10.3. The summed E-state index contributed by atoms with van der Waals surface area (Å²) in [5, 5.41) is 12.3. The van der Waals surface area contributed by atoms with Gasteiger partial charge in [-0.2, -0.15) is 0 Å². The minimum absolute atomic E-state index is 0.178. The Kier molecular flexibility index (Phi) is 6.05. The van der Waals surface area contributed by atoms with Crippen molar-refractivity contribution in [1.82, 2.24) is 10.2 Å². The van der Waals surface area contributed by atoms with Crippen molar-refractivity contribution in [2.24, 2.45) is 0 Å². The number of hydrogen-bond donors (Lipinski definition) is 1. The van der Waals surface area contributed by atoms with Crippen LogP contribution in [0, 0.1) is 0 Å². The predicted molar refractivity (Wildman–Crippen MR) is 68.6 cm³/mol. The summed E-state index contributed by atoms with van der Waals surface area (Å²) < 4.78 is 22.6. The van der Waals surface area contributed by atoms with Gasteiger partial charge in [0.05, 0.1) is 13.2 Å². The molecule has 1 aromatic rings. The van der Waals surface area contributed by atoms with Crippen LogP contribution in [-0.4, -0.2) is 30.0 Å². The number of nitrogens with zero attached hydrogens (tertiary/aromatic N) is 2. The predicted octanol–water partition coefficient (Wildman–Crippen LogP) is 2.74. The second-order valence-electron chi connectivity index (χ2n) is 3.14. The highest BCUT2D eigenvalue weighted by atomic mass is 32.1. The van der Waals surface area contributed by atoms with Gasteiger partial charge in [-0.05, 0) is 20.8 Å². The van der Waals surface area contributed by atoms with Gasteiger partial charge in [0.15, 0.2) is 0 Å². The average molecular weight is 279 g/mol. The lowest BCUT2D eigenvalue weighted by atomic mass is 10.8. The summed E-state index contributed by atoms with van der Waals surface area (Å²) in [7, 11) is -3.07. The van der Waals surface area contributed by atoms with E-state index in [0.29, 0.717) is 18.2 Å². The molecule has 17 heavy (non-hydrogen) atoms. The number of rotatable bonds is 8. The lowest BCUT2D eigenvalue weighted by Gasteiger charge is -2.14. The van der Waals surface area contributed by atoms with Crippen molar-refractivity contribution in [2.75, 3.05) is 25.1 Å². The van der Waals surface area contributed by atoms with Crippen LogP contribution in [0.15, 0.2) is 0 Å². The number of nitrogens with one attached hydrogen (secondary N) is 1. The van der Waals surface area contributed by atoms with Crippen LogP contribution in [0.1, 0.15) is 25.8 Å². The molecule has 0 aliphatic heterocycles. The van der Waals surface area contributed by atoms with Crippen LogP contribution in [0.25, 0.3) is 0 Å². The molecule has 1 heterocycles. The summed E-state index contributed by atoms with van der Waals surface area (Å²) in [5.41, 5.74) is 0. The van der Waals surface area contributed by atoms with Crippen LogP contribution < -0.4 is 5.32 Å². The molecule has 1 N–H and O–H groups in total. The Morgan fingerprint density at radius 2 is 1.88 bits per heavy atom. The van der Waals surface area contributed by atoms with E-state index in [1.165, 1.54) is 11.3 Å². The summed E-state index contributed by atoms with van der Waals surface area (Å²) in [6.07, 6.45) is 0.178. The molecule has 0 bridgehead atoms. The Bertz CT molecular complexity index is 375. The molecule has 0 saturated heterocycles. The van der Waals surface area contributed by atoms with E-state index in [-0.39, 0.29) is 6.16 Å². The Morgan fingerprint density at radius 1 is 1.24 bits per heavy atom. The zero-order chi connectivity index (χ0) is 12.7. The van der Waals surface area contributed by atoms with Crippen LogP contribution in [0.5, 0.6) is 0 Å². The molecule has 0 aromatic carbocycles. The highest BCUT2D eigenvalue weighted by molar-refractivity contribution is 7.53. The van der Waals surface area contributed by atoms with Gasteiger partial charge < -0.3 is 14.4 Å². The Morgan fingerprint density at radius 3 is 2.41 bits per heavy atom. The molecule has 6 nitrogen and oxygen atoms in total. The lowest BCUT2D eigenvalue weighted by molar-refractivity contribution is 0.219. The number of anilines is 1. The molecule has 0 saturated carbocycles. The third kappa shape index (κ3) is 4.71. The van der Waals surface area contributed by atoms with Gasteiger partial charge >= 0.3 is 7.60 Å². The third-order valence-electron chi connectivity index (χ3n) is 1.78. The van der Waals surface area contributed by atoms with Gasteiger partial charge in [-0.25, -0.2) is 0 Å². The fraction of sp³-hybridized carbons (Fsp3) is 0.778. The van der Waals surface area contributed by atoms with E-state index in [4.69, 9.17) is 9.05 Å². The summed E-state index contributed by atoms with van der Waals surface area (Å²) in [6.45, 7) is 7.05. The molecule has 8 heteroatoms. The fourth-order valence-corrected chi connectivity index (χ4v) is 4.00. The maximum Gasteiger partial charge on any atom is 0.337 e. The molecular weight excluding hydrogens is 261 g/mol. The maximum absolute atomic E-state index is 12.2. The standard InChI is InChI=1S/C9H18N3O3PS/c1-4-10-9-12-11-8(17-9)7-16(13,14-5-2)15-6-3/h4-7H2,1-3H3,(H,10,12). The van der Waals surface area contributed by atoms with Gasteiger partial charge in [0.25, 0.3) is 0 Å². The fourth-order valence-electron chi connectivity index (χ4n) is 1.23. The van der Waals surface area contributed by atoms with Crippen molar-refractivity contribution in [2.45, 2.75) is 26.9 Å². The highest BCUT2D eigenvalue weighted by Gasteiger charge is 2.26. The van der Waals surface area contributed by atoms with Gasteiger partial charge in [-0.15, -0.1) is 10.2 Å². The van der Waals surface area contributed by atoms with Crippen molar-refractivity contribution < 1.29 is 13.6 Å². The lowest BCUT2D eigenvalue weighted by Crippen LogP contribution is -1.98. The summed E-state index contributed by atoms with van der Waals surface area (Å²) >= 11 is 1.37. The van der Waals surface area contributed by atoms with E-state index >= 15 is 0 Å². The molecule has 0 unspecified atom stereocenters. The van der Waals surface area contributed by atoms with E-state index < -0.39 is 7.60 Å². The van der Waals surface area contributed by atoms with E-state index in [1.807, 2.05) is 6.92 Å². The first kappa shape index (κ1) is 14.6. The molecule has 1 aromatic heterocycles. The first-order valence-electron chi connectivity index (χ1n) is 5.58.